The molecule has 0 aromatic heterocycles. The van der Waals surface area contributed by atoms with Crippen molar-refractivity contribution in [1.29, 1.82) is 0 Å². The SMILES string of the molecule is CCC(C)C[C@H](NC(=O)Cc1cc(F)cc(F)c1)C(=O)N1C(=O)C(C)c2ccccc2-c2c(N)cccc21. The van der Waals surface area contributed by atoms with Crippen LogP contribution in [0.5, 0.6) is 0 Å². The summed E-state index contributed by atoms with van der Waals surface area (Å²) >= 11 is 0. The van der Waals surface area contributed by atoms with Gasteiger partial charge in [-0.25, -0.2) is 13.7 Å². The smallest absolute Gasteiger partial charge is 0.256 e. The Kier molecular flexibility index (Phi) is 7.90. The average molecular weight is 520 g/mol. The number of anilines is 2. The first-order chi connectivity index (χ1) is 18.1. The lowest BCUT2D eigenvalue weighted by Gasteiger charge is -2.29. The maximum absolute atomic E-state index is 14.1. The van der Waals surface area contributed by atoms with Gasteiger partial charge in [0.05, 0.1) is 18.0 Å². The van der Waals surface area contributed by atoms with Gasteiger partial charge < -0.3 is 11.1 Å². The Labute approximate surface area is 220 Å². The summed E-state index contributed by atoms with van der Waals surface area (Å²) < 4.78 is 27.3. The van der Waals surface area contributed by atoms with Crippen molar-refractivity contribution in [2.24, 2.45) is 5.92 Å². The van der Waals surface area contributed by atoms with E-state index in [1.165, 1.54) is 0 Å². The molecule has 38 heavy (non-hydrogen) atoms. The lowest BCUT2D eigenvalue weighted by molar-refractivity contribution is -0.131. The van der Waals surface area contributed by atoms with Crippen molar-refractivity contribution in [2.75, 3.05) is 10.6 Å². The fourth-order valence-electron chi connectivity index (χ4n) is 4.90. The Morgan fingerprint density at radius 1 is 1.05 bits per heavy atom. The summed E-state index contributed by atoms with van der Waals surface area (Å²) in [5.74, 6) is -3.77. The summed E-state index contributed by atoms with van der Waals surface area (Å²) in [7, 11) is 0. The van der Waals surface area contributed by atoms with E-state index in [9.17, 15) is 23.2 Å². The number of carbonyl (C=O) groups is 3. The summed E-state index contributed by atoms with van der Waals surface area (Å²) in [5.41, 5.74) is 9.39. The number of hydrogen-bond donors (Lipinski definition) is 2. The highest BCUT2D eigenvalue weighted by molar-refractivity contribution is 6.22. The van der Waals surface area contributed by atoms with Gasteiger partial charge in [0.15, 0.2) is 0 Å². The van der Waals surface area contributed by atoms with Crippen LogP contribution in [0.3, 0.4) is 0 Å². The second-order valence-electron chi connectivity index (χ2n) is 9.89. The molecule has 8 heteroatoms. The van der Waals surface area contributed by atoms with Crippen molar-refractivity contribution in [3.63, 3.8) is 0 Å². The van der Waals surface area contributed by atoms with E-state index in [4.69, 9.17) is 5.73 Å². The summed E-state index contributed by atoms with van der Waals surface area (Å²) in [4.78, 5) is 42.0. The largest absolute Gasteiger partial charge is 0.398 e. The molecule has 3 aromatic carbocycles. The van der Waals surface area contributed by atoms with E-state index < -0.39 is 41.3 Å². The van der Waals surface area contributed by atoms with Crippen LogP contribution in [0.1, 0.15) is 50.7 Å². The molecule has 0 saturated carbocycles. The van der Waals surface area contributed by atoms with Crippen molar-refractivity contribution >= 4 is 29.1 Å². The van der Waals surface area contributed by atoms with Crippen LogP contribution in [0.15, 0.2) is 60.7 Å². The van der Waals surface area contributed by atoms with Gasteiger partial charge in [-0.2, -0.15) is 0 Å². The second kappa shape index (κ2) is 11.1. The Morgan fingerprint density at radius 3 is 2.42 bits per heavy atom. The van der Waals surface area contributed by atoms with Gasteiger partial charge in [0.2, 0.25) is 11.8 Å². The summed E-state index contributed by atoms with van der Waals surface area (Å²) in [5, 5.41) is 2.73. The maximum Gasteiger partial charge on any atom is 0.256 e. The Morgan fingerprint density at radius 2 is 1.74 bits per heavy atom. The van der Waals surface area contributed by atoms with Gasteiger partial charge in [-0.1, -0.05) is 50.6 Å². The van der Waals surface area contributed by atoms with Crippen LogP contribution in [-0.2, 0) is 20.8 Å². The van der Waals surface area contributed by atoms with E-state index >= 15 is 0 Å². The van der Waals surface area contributed by atoms with E-state index in [0.717, 1.165) is 40.6 Å². The highest BCUT2D eigenvalue weighted by atomic mass is 19.1. The fourth-order valence-corrected chi connectivity index (χ4v) is 4.90. The van der Waals surface area contributed by atoms with E-state index in [0.29, 0.717) is 16.9 Å². The normalized spacial score (nSPS) is 16.2. The van der Waals surface area contributed by atoms with E-state index in [1.54, 1.807) is 25.1 Å². The molecule has 2 unspecified atom stereocenters. The monoisotopic (exact) mass is 519 g/mol. The lowest BCUT2D eigenvalue weighted by atomic mass is 9.92. The molecule has 1 aliphatic heterocycles. The van der Waals surface area contributed by atoms with Crippen LogP contribution in [0, 0.1) is 17.6 Å². The Balaban J connectivity index is 1.72. The van der Waals surface area contributed by atoms with Crippen molar-refractivity contribution < 1.29 is 23.2 Å². The average Bonchev–Trinajstić information content (AvgIpc) is 2.96. The number of nitrogens with two attached hydrogens (primary N) is 1. The number of imide groups is 1. The first kappa shape index (κ1) is 27.0. The van der Waals surface area contributed by atoms with Gasteiger partial charge in [-0.15, -0.1) is 0 Å². The van der Waals surface area contributed by atoms with Crippen LogP contribution < -0.4 is 16.0 Å². The number of fused-ring (bicyclic) bond motifs is 3. The number of nitrogen functional groups attached to an aromatic ring is 1. The van der Waals surface area contributed by atoms with Crippen molar-refractivity contribution in [1.82, 2.24) is 5.32 Å². The second-order valence-corrected chi connectivity index (χ2v) is 9.89. The first-order valence-corrected chi connectivity index (χ1v) is 12.7. The molecule has 1 aliphatic rings. The summed E-state index contributed by atoms with van der Waals surface area (Å²) in [6.07, 6.45) is 0.702. The summed E-state index contributed by atoms with van der Waals surface area (Å²) in [6, 6.07) is 14.3. The lowest BCUT2D eigenvalue weighted by Crippen LogP contribution is -2.52. The fraction of sp³-hybridized carbons (Fsp3) is 0.300. The van der Waals surface area contributed by atoms with Gasteiger partial charge in [0, 0.05) is 17.3 Å². The number of halogens is 2. The van der Waals surface area contributed by atoms with Gasteiger partial charge in [-0.3, -0.25) is 14.4 Å². The standard InChI is InChI=1S/C30H31F2N3O3/c1-4-17(2)12-25(34-27(36)15-19-13-20(31)16-21(32)14-19)30(38)35-26-11-7-10-24(33)28(26)23-9-6-5-8-22(23)18(3)29(35)37/h5-11,13-14,16-18,25H,4,12,15,33H2,1-3H3,(H,34,36)/t17?,18?,25-/m0/s1. The van der Waals surface area contributed by atoms with Gasteiger partial charge in [0.25, 0.3) is 5.91 Å². The highest BCUT2D eigenvalue weighted by Gasteiger charge is 2.39. The molecule has 0 fully saturated rings. The molecular formula is C30H31F2N3O3. The summed E-state index contributed by atoms with van der Waals surface area (Å²) in [6.45, 7) is 5.66. The van der Waals surface area contributed by atoms with Crippen LogP contribution in [0.25, 0.3) is 11.1 Å². The minimum Gasteiger partial charge on any atom is -0.398 e. The number of amides is 3. The third-order valence-corrected chi connectivity index (χ3v) is 7.08. The maximum atomic E-state index is 14.1. The number of carbonyl (C=O) groups excluding carboxylic acids is 3. The third-order valence-electron chi connectivity index (χ3n) is 7.08. The third kappa shape index (κ3) is 5.44. The van der Waals surface area contributed by atoms with Gasteiger partial charge >= 0.3 is 0 Å². The van der Waals surface area contributed by atoms with Crippen LogP contribution in [0.2, 0.25) is 0 Å². The molecule has 3 amide bonds. The van der Waals surface area contributed by atoms with Crippen LogP contribution in [0.4, 0.5) is 20.2 Å². The van der Waals surface area contributed by atoms with E-state index in [2.05, 4.69) is 5.32 Å². The topological polar surface area (TPSA) is 92.5 Å². The number of nitrogens with one attached hydrogen (secondary N) is 1. The number of benzene rings is 3. The molecule has 0 bridgehead atoms. The van der Waals surface area contributed by atoms with Crippen LogP contribution in [-0.4, -0.2) is 23.8 Å². The first-order valence-electron chi connectivity index (χ1n) is 12.7. The molecule has 0 aliphatic carbocycles. The highest BCUT2D eigenvalue weighted by Crippen LogP contribution is 2.44. The van der Waals surface area contributed by atoms with Crippen molar-refractivity contribution in [2.45, 2.75) is 52.0 Å². The zero-order valence-electron chi connectivity index (χ0n) is 21.6. The number of nitrogens with zero attached hydrogens (tertiary/aromatic N) is 1. The molecule has 0 saturated heterocycles. The Bertz CT molecular complexity index is 1370. The molecule has 6 nitrogen and oxygen atoms in total. The van der Waals surface area contributed by atoms with Crippen molar-refractivity contribution in [3.8, 4) is 11.1 Å². The molecular weight excluding hydrogens is 488 g/mol. The van der Waals surface area contributed by atoms with E-state index in [-0.39, 0.29) is 24.3 Å². The predicted octanol–water partition coefficient (Wildman–Crippen LogP) is 5.35. The molecule has 3 atom stereocenters. The zero-order valence-corrected chi connectivity index (χ0v) is 21.6. The number of rotatable bonds is 7. The van der Waals surface area contributed by atoms with Crippen LogP contribution >= 0.6 is 0 Å². The van der Waals surface area contributed by atoms with E-state index in [1.807, 2.05) is 38.1 Å². The molecule has 0 radical (unpaired) electrons. The molecule has 0 spiro atoms. The zero-order chi connectivity index (χ0) is 27.6. The number of hydrogen-bond acceptors (Lipinski definition) is 4. The predicted molar refractivity (Wildman–Crippen MR) is 143 cm³/mol. The molecule has 3 aromatic rings. The molecule has 3 N–H and O–H groups in total. The minimum absolute atomic E-state index is 0.0490. The van der Waals surface area contributed by atoms with Gasteiger partial charge in [-0.05, 0) is 60.2 Å². The molecule has 4 rings (SSSR count). The molecule has 198 valence electrons. The molecule has 1 heterocycles. The Hall–Kier alpha value is -4.07. The quantitative estimate of drug-likeness (QED) is 0.412. The van der Waals surface area contributed by atoms with Gasteiger partial charge in [0.1, 0.15) is 17.7 Å². The minimum atomic E-state index is -1.04. The van der Waals surface area contributed by atoms with Crippen molar-refractivity contribution in [3.05, 3.63) is 83.4 Å².